The topological polar surface area (TPSA) is 64.5 Å². The van der Waals surface area contributed by atoms with Crippen LogP contribution in [0, 0.1) is 0 Å². The third-order valence-corrected chi connectivity index (χ3v) is 3.42. The van der Waals surface area contributed by atoms with Gasteiger partial charge in [-0.3, -0.25) is 0 Å². The zero-order chi connectivity index (χ0) is 15.0. The molecule has 1 aliphatic heterocycles. The van der Waals surface area contributed by atoms with Crippen molar-refractivity contribution < 1.29 is 14.3 Å². The van der Waals surface area contributed by atoms with Crippen LogP contribution in [0.15, 0.2) is 6.33 Å². The number of hydrogen-bond acceptors (Lipinski definition) is 5. The Morgan fingerprint density at radius 3 is 2.76 bits per heavy atom. The highest BCUT2D eigenvalue weighted by Crippen LogP contribution is 2.30. The molecule has 0 bridgehead atoms. The van der Waals surface area contributed by atoms with Gasteiger partial charge in [-0.2, -0.15) is 0 Å². The number of amides is 1. The Bertz CT molecular complexity index is 550. The smallest absolute Gasteiger partial charge is 0.410 e. The molecule has 1 aromatic rings. The molecule has 0 atom stereocenters. The van der Waals surface area contributed by atoms with Crippen molar-refractivity contribution in [2.75, 3.05) is 6.54 Å². The zero-order valence-corrected chi connectivity index (χ0v) is 12.8. The highest BCUT2D eigenvalue weighted by atomic mass is 16.6. The maximum Gasteiger partial charge on any atom is 0.410 e. The Labute approximate surface area is 124 Å². The van der Waals surface area contributed by atoms with Crippen LogP contribution in [0.4, 0.5) is 4.79 Å². The van der Waals surface area contributed by atoms with E-state index < -0.39 is 5.60 Å². The second kappa shape index (κ2) is 5.16. The fourth-order valence-corrected chi connectivity index (χ4v) is 2.25. The monoisotopic (exact) mass is 291 g/mol. The van der Waals surface area contributed by atoms with Gasteiger partial charge in [0, 0.05) is 12.1 Å². The summed E-state index contributed by atoms with van der Waals surface area (Å²) >= 11 is 0. The van der Waals surface area contributed by atoms with Crippen molar-refractivity contribution >= 4 is 6.09 Å². The van der Waals surface area contributed by atoms with Crippen LogP contribution in [0.5, 0.6) is 5.88 Å². The summed E-state index contributed by atoms with van der Waals surface area (Å²) in [5.74, 6) is 0.686. The van der Waals surface area contributed by atoms with E-state index in [9.17, 15) is 4.79 Å². The summed E-state index contributed by atoms with van der Waals surface area (Å²) in [6, 6.07) is 0. The van der Waals surface area contributed by atoms with Gasteiger partial charge < -0.3 is 14.4 Å². The molecule has 1 saturated carbocycles. The van der Waals surface area contributed by atoms with E-state index in [4.69, 9.17) is 9.47 Å². The first-order chi connectivity index (χ1) is 9.92. The first-order valence-corrected chi connectivity index (χ1v) is 7.40. The van der Waals surface area contributed by atoms with Gasteiger partial charge in [0.25, 0.3) is 0 Å². The fraction of sp³-hybridized carbons (Fsp3) is 0.667. The molecule has 0 spiro atoms. The molecule has 0 unspecified atom stereocenters. The molecule has 1 aliphatic carbocycles. The van der Waals surface area contributed by atoms with Crippen molar-refractivity contribution in [1.29, 1.82) is 0 Å². The van der Waals surface area contributed by atoms with Gasteiger partial charge in [-0.25, -0.2) is 14.8 Å². The minimum absolute atomic E-state index is 0.295. The van der Waals surface area contributed by atoms with Crippen LogP contribution in [-0.4, -0.2) is 39.2 Å². The molecule has 3 rings (SSSR count). The van der Waals surface area contributed by atoms with Gasteiger partial charge in [-0.1, -0.05) is 0 Å². The highest BCUT2D eigenvalue weighted by Gasteiger charge is 2.30. The molecular formula is C15H21N3O3. The Balaban J connectivity index is 1.72. The summed E-state index contributed by atoms with van der Waals surface area (Å²) in [5, 5.41) is 0. The van der Waals surface area contributed by atoms with Crippen LogP contribution in [0.3, 0.4) is 0 Å². The van der Waals surface area contributed by atoms with E-state index in [1.54, 1.807) is 4.90 Å². The molecule has 2 heterocycles. The molecule has 6 nitrogen and oxygen atoms in total. The summed E-state index contributed by atoms with van der Waals surface area (Å²) in [5.41, 5.74) is 1.41. The first kappa shape index (κ1) is 14.1. The van der Waals surface area contributed by atoms with Crippen LogP contribution in [0.25, 0.3) is 0 Å². The predicted octanol–water partition coefficient (Wildman–Crippen LogP) is 2.31. The number of hydrogen-bond donors (Lipinski definition) is 0. The molecule has 0 radical (unpaired) electrons. The summed E-state index contributed by atoms with van der Waals surface area (Å²) < 4.78 is 11.2. The van der Waals surface area contributed by atoms with E-state index in [-0.39, 0.29) is 6.09 Å². The Morgan fingerprint density at radius 2 is 2.10 bits per heavy atom. The van der Waals surface area contributed by atoms with Crippen molar-refractivity contribution in [1.82, 2.24) is 14.9 Å². The molecule has 0 saturated heterocycles. The van der Waals surface area contributed by atoms with Gasteiger partial charge in [-0.15, -0.1) is 0 Å². The second-order valence-electron chi connectivity index (χ2n) is 6.57. The van der Waals surface area contributed by atoms with Crippen LogP contribution in [0.1, 0.15) is 44.9 Å². The molecule has 2 aliphatic rings. The zero-order valence-electron chi connectivity index (χ0n) is 12.8. The van der Waals surface area contributed by atoms with Crippen LogP contribution in [0.2, 0.25) is 0 Å². The molecule has 0 N–H and O–H groups in total. The summed E-state index contributed by atoms with van der Waals surface area (Å²) in [6.45, 7) is 6.66. The second-order valence-corrected chi connectivity index (χ2v) is 6.57. The number of carbonyl (C=O) groups is 1. The maximum absolute atomic E-state index is 12.1. The summed E-state index contributed by atoms with van der Waals surface area (Å²) in [6.07, 6.45) is 4.43. The lowest BCUT2D eigenvalue weighted by Gasteiger charge is -2.30. The standard InChI is InChI=1S/C15H21N3O3/c1-15(2,3)21-14(19)18-7-6-11-12(8-18)16-9-17-13(11)20-10-4-5-10/h9-10H,4-8H2,1-3H3. The average Bonchev–Trinajstić information content (AvgIpc) is 3.20. The van der Waals surface area contributed by atoms with E-state index >= 15 is 0 Å². The van der Waals surface area contributed by atoms with Gasteiger partial charge in [0.15, 0.2) is 0 Å². The number of carbonyl (C=O) groups excluding carboxylic acids is 1. The maximum atomic E-state index is 12.1. The van der Waals surface area contributed by atoms with Crippen molar-refractivity contribution in [2.24, 2.45) is 0 Å². The quantitative estimate of drug-likeness (QED) is 0.836. The Kier molecular flexibility index (Phi) is 3.47. The lowest BCUT2D eigenvalue weighted by Crippen LogP contribution is -2.40. The predicted molar refractivity (Wildman–Crippen MR) is 76.0 cm³/mol. The molecule has 21 heavy (non-hydrogen) atoms. The van der Waals surface area contributed by atoms with Crippen LogP contribution >= 0.6 is 0 Å². The largest absolute Gasteiger partial charge is 0.474 e. The van der Waals surface area contributed by atoms with Crippen molar-refractivity contribution in [2.45, 2.75) is 58.3 Å². The van der Waals surface area contributed by atoms with E-state index in [0.29, 0.717) is 31.5 Å². The van der Waals surface area contributed by atoms with Crippen LogP contribution in [-0.2, 0) is 17.7 Å². The third-order valence-electron chi connectivity index (χ3n) is 3.42. The number of fused-ring (bicyclic) bond motifs is 1. The molecule has 114 valence electrons. The van der Waals surface area contributed by atoms with Crippen molar-refractivity contribution in [3.8, 4) is 5.88 Å². The Hall–Kier alpha value is -1.85. The molecule has 0 aromatic carbocycles. The minimum atomic E-state index is -0.483. The minimum Gasteiger partial charge on any atom is -0.474 e. The first-order valence-electron chi connectivity index (χ1n) is 7.40. The van der Waals surface area contributed by atoms with Gasteiger partial charge >= 0.3 is 6.09 Å². The molecule has 1 aromatic heterocycles. The van der Waals surface area contributed by atoms with E-state index in [0.717, 1.165) is 24.1 Å². The van der Waals surface area contributed by atoms with Gasteiger partial charge in [-0.05, 0) is 40.0 Å². The van der Waals surface area contributed by atoms with Gasteiger partial charge in [0.2, 0.25) is 5.88 Å². The normalized spacial score (nSPS) is 18.1. The van der Waals surface area contributed by atoms with Crippen molar-refractivity contribution in [3.05, 3.63) is 17.6 Å². The molecule has 6 heteroatoms. The molecule has 1 amide bonds. The lowest BCUT2D eigenvalue weighted by molar-refractivity contribution is 0.0219. The average molecular weight is 291 g/mol. The molecular weight excluding hydrogens is 270 g/mol. The number of aromatic nitrogens is 2. The number of ether oxygens (including phenoxy) is 2. The van der Waals surface area contributed by atoms with Gasteiger partial charge in [0.1, 0.15) is 18.0 Å². The number of rotatable bonds is 2. The highest BCUT2D eigenvalue weighted by molar-refractivity contribution is 5.68. The summed E-state index contributed by atoms with van der Waals surface area (Å²) in [4.78, 5) is 22.3. The SMILES string of the molecule is CC(C)(C)OC(=O)N1CCc2c(ncnc2OC2CC2)C1. The van der Waals surface area contributed by atoms with E-state index in [2.05, 4.69) is 9.97 Å². The van der Waals surface area contributed by atoms with Gasteiger partial charge in [0.05, 0.1) is 12.2 Å². The fourth-order valence-electron chi connectivity index (χ4n) is 2.25. The van der Waals surface area contributed by atoms with E-state index in [1.807, 2.05) is 20.8 Å². The van der Waals surface area contributed by atoms with Crippen molar-refractivity contribution in [3.63, 3.8) is 0 Å². The van der Waals surface area contributed by atoms with Crippen LogP contribution < -0.4 is 4.74 Å². The van der Waals surface area contributed by atoms with E-state index in [1.165, 1.54) is 6.33 Å². The Morgan fingerprint density at radius 1 is 1.33 bits per heavy atom. The lowest BCUT2D eigenvalue weighted by atomic mass is 10.1. The number of nitrogens with zero attached hydrogens (tertiary/aromatic N) is 3. The summed E-state index contributed by atoms with van der Waals surface area (Å²) in [7, 11) is 0. The third kappa shape index (κ3) is 3.43. The molecule has 1 fully saturated rings.